The van der Waals surface area contributed by atoms with Gasteiger partial charge in [-0.1, -0.05) is 36.8 Å². The van der Waals surface area contributed by atoms with E-state index in [0.717, 1.165) is 38.3 Å². The quantitative estimate of drug-likeness (QED) is 0.886. The van der Waals surface area contributed by atoms with Crippen LogP contribution in [0.15, 0.2) is 30.3 Å². The van der Waals surface area contributed by atoms with Gasteiger partial charge in [0, 0.05) is 19.1 Å². The maximum Gasteiger partial charge on any atom is 0.229 e. The molecule has 1 aromatic rings. The Bertz CT molecular complexity index is 593. The van der Waals surface area contributed by atoms with Crippen LogP contribution in [0.5, 0.6) is 0 Å². The second kappa shape index (κ2) is 7.67. The van der Waals surface area contributed by atoms with Gasteiger partial charge in [0.25, 0.3) is 0 Å². The molecule has 0 spiro atoms. The molecule has 3 aliphatic rings. The van der Waals surface area contributed by atoms with E-state index in [4.69, 9.17) is 0 Å². The minimum atomic E-state index is -0.125. The molecule has 25 heavy (non-hydrogen) atoms. The van der Waals surface area contributed by atoms with Crippen LogP contribution >= 0.6 is 12.4 Å². The highest BCUT2D eigenvalue weighted by Gasteiger charge is 2.56. The fraction of sp³-hybridized carbons (Fsp3) is 0.667. The SMILES string of the molecule is CNC1CCCN(C(=O)C2(Cc3ccccc3)CC3CCC2C3)C1.Cl. The Morgan fingerprint density at radius 1 is 1.24 bits per heavy atom. The molecule has 2 aliphatic carbocycles. The third-order valence-corrected chi connectivity index (χ3v) is 6.88. The van der Waals surface area contributed by atoms with Crippen LogP contribution < -0.4 is 5.32 Å². The van der Waals surface area contributed by atoms with Crippen molar-refractivity contribution in [2.75, 3.05) is 20.1 Å². The predicted octanol–water partition coefficient (Wildman–Crippen LogP) is 3.67. The van der Waals surface area contributed by atoms with Crippen molar-refractivity contribution in [1.29, 1.82) is 0 Å². The predicted molar refractivity (Wildman–Crippen MR) is 104 cm³/mol. The summed E-state index contributed by atoms with van der Waals surface area (Å²) in [5.74, 6) is 1.84. The summed E-state index contributed by atoms with van der Waals surface area (Å²) in [6, 6.07) is 11.2. The zero-order valence-electron chi connectivity index (χ0n) is 15.2. The number of hydrogen-bond donors (Lipinski definition) is 1. The average Bonchev–Trinajstić information content (AvgIpc) is 3.23. The number of likely N-dealkylation sites (tertiary alicyclic amines) is 1. The van der Waals surface area contributed by atoms with Gasteiger partial charge >= 0.3 is 0 Å². The minimum Gasteiger partial charge on any atom is -0.341 e. The Morgan fingerprint density at radius 2 is 2.04 bits per heavy atom. The number of fused-ring (bicyclic) bond motifs is 2. The van der Waals surface area contributed by atoms with Crippen LogP contribution in [0.3, 0.4) is 0 Å². The van der Waals surface area contributed by atoms with Crippen LogP contribution in [-0.2, 0) is 11.2 Å². The van der Waals surface area contributed by atoms with Crippen molar-refractivity contribution in [3.63, 3.8) is 0 Å². The molecule has 2 saturated carbocycles. The zero-order chi connectivity index (χ0) is 16.6. The van der Waals surface area contributed by atoms with Gasteiger partial charge in [-0.3, -0.25) is 4.79 Å². The van der Waals surface area contributed by atoms with E-state index < -0.39 is 0 Å². The summed E-state index contributed by atoms with van der Waals surface area (Å²) in [7, 11) is 2.02. The molecule has 4 heteroatoms. The number of nitrogens with zero attached hydrogens (tertiary/aromatic N) is 1. The molecule has 1 heterocycles. The highest BCUT2D eigenvalue weighted by atomic mass is 35.5. The van der Waals surface area contributed by atoms with Crippen molar-refractivity contribution < 1.29 is 4.79 Å². The van der Waals surface area contributed by atoms with Crippen LogP contribution in [0.2, 0.25) is 0 Å². The number of carbonyl (C=O) groups excluding carboxylic acids is 1. The zero-order valence-corrected chi connectivity index (χ0v) is 16.1. The van der Waals surface area contributed by atoms with Crippen LogP contribution in [0, 0.1) is 17.3 Å². The first-order valence-corrected chi connectivity index (χ1v) is 9.72. The lowest BCUT2D eigenvalue weighted by atomic mass is 9.68. The molecule has 1 N–H and O–H groups in total. The lowest BCUT2D eigenvalue weighted by Crippen LogP contribution is -2.54. The first kappa shape index (κ1) is 18.7. The first-order valence-electron chi connectivity index (χ1n) is 9.72. The molecule has 3 fully saturated rings. The topological polar surface area (TPSA) is 32.3 Å². The second-order valence-electron chi connectivity index (χ2n) is 8.28. The van der Waals surface area contributed by atoms with Gasteiger partial charge in [0.15, 0.2) is 0 Å². The van der Waals surface area contributed by atoms with E-state index in [-0.39, 0.29) is 17.8 Å². The van der Waals surface area contributed by atoms with Crippen molar-refractivity contribution >= 4 is 18.3 Å². The number of likely N-dealkylation sites (N-methyl/N-ethyl adjacent to an activating group) is 1. The Balaban J connectivity index is 0.00000182. The third kappa shape index (κ3) is 3.46. The van der Waals surface area contributed by atoms with Gasteiger partial charge < -0.3 is 10.2 Å². The maximum atomic E-state index is 13.7. The van der Waals surface area contributed by atoms with Gasteiger partial charge in [0.05, 0.1) is 5.41 Å². The second-order valence-corrected chi connectivity index (χ2v) is 8.28. The van der Waals surface area contributed by atoms with E-state index in [1.165, 1.54) is 31.2 Å². The number of nitrogens with one attached hydrogen (secondary N) is 1. The number of piperidine rings is 1. The van der Waals surface area contributed by atoms with Gasteiger partial charge in [-0.25, -0.2) is 0 Å². The normalized spacial score (nSPS) is 34.0. The summed E-state index contributed by atoms with van der Waals surface area (Å²) in [6.45, 7) is 1.84. The molecule has 1 aromatic carbocycles. The Morgan fingerprint density at radius 3 is 2.68 bits per heavy atom. The van der Waals surface area contributed by atoms with Crippen LogP contribution in [0.25, 0.3) is 0 Å². The highest BCUT2D eigenvalue weighted by Crippen LogP contribution is 2.58. The molecule has 4 atom stereocenters. The van der Waals surface area contributed by atoms with Gasteiger partial charge in [0.2, 0.25) is 5.91 Å². The molecule has 0 radical (unpaired) electrons. The molecular formula is C21H31ClN2O. The van der Waals surface area contributed by atoms with E-state index in [1.807, 2.05) is 7.05 Å². The molecule has 138 valence electrons. The molecule has 1 saturated heterocycles. The number of rotatable bonds is 4. The number of benzene rings is 1. The van der Waals surface area contributed by atoms with Gasteiger partial charge in [-0.05, 0) is 63.0 Å². The summed E-state index contributed by atoms with van der Waals surface area (Å²) >= 11 is 0. The third-order valence-electron chi connectivity index (χ3n) is 6.88. The van der Waals surface area contributed by atoms with E-state index in [1.54, 1.807) is 0 Å². The highest BCUT2D eigenvalue weighted by molar-refractivity contribution is 5.85. The number of carbonyl (C=O) groups is 1. The molecule has 1 amide bonds. The van der Waals surface area contributed by atoms with Crippen molar-refractivity contribution in [1.82, 2.24) is 10.2 Å². The van der Waals surface area contributed by atoms with Crippen molar-refractivity contribution in [3.05, 3.63) is 35.9 Å². The monoisotopic (exact) mass is 362 g/mol. The van der Waals surface area contributed by atoms with E-state index >= 15 is 0 Å². The Kier molecular flexibility index (Phi) is 5.75. The number of hydrogen-bond acceptors (Lipinski definition) is 2. The van der Waals surface area contributed by atoms with Crippen LogP contribution in [-0.4, -0.2) is 37.0 Å². The van der Waals surface area contributed by atoms with E-state index in [0.29, 0.717) is 17.9 Å². The van der Waals surface area contributed by atoms with Gasteiger partial charge in [-0.15, -0.1) is 12.4 Å². The molecule has 3 nitrogen and oxygen atoms in total. The first-order chi connectivity index (χ1) is 11.7. The summed E-state index contributed by atoms with van der Waals surface area (Å²) in [4.78, 5) is 15.9. The minimum absolute atomic E-state index is 0. The molecular weight excluding hydrogens is 332 g/mol. The Labute approximate surface area is 158 Å². The molecule has 4 unspecified atom stereocenters. The Hall–Kier alpha value is -1.06. The summed E-state index contributed by atoms with van der Waals surface area (Å²) in [6.07, 6.45) is 8.26. The maximum absolute atomic E-state index is 13.7. The van der Waals surface area contributed by atoms with Crippen LogP contribution in [0.1, 0.15) is 44.1 Å². The van der Waals surface area contributed by atoms with Crippen molar-refractivity contribution in [2.24, 2.45) is 17.3 Å². The smallest absolute Gasteiger partial charge is 0.229 e. The lowest BCUT2D eigenvalue weighted by molar-refractivity contribution is -0.147. The lowest BCUT2D eigenvalue weighted by Gasteiger charge is -2.43. The van der Waals surface area contributed by atoms with Crippen molar-refractivity contribution in [3.8, 4) is 0 Å². The largest absolute Gasteiger partial charge is 0.341 e. The molecule has 1 aliphatic heterocycles. The molecule has 2 bridgehead atoms. The average molecular weight is 363 g/mol. The van der Waals surface area contributed by atoms with Gasteiger partial charge in [0.1, 0.15) is 0 Å². The fourth-order valence-electron chi connectivity index (χ4n) is 5.67. The number of halogens is 1. The summed E-state index contributed by atoms with van der Waals surface area (Å²) < 4.78 is 0. The van der Waals surface area contributed by atoms with Gasteiger partial charge in [-0.2, -0.15) is 0 Å². The fourth-order valence-corrected chi connectivity index (χ4v) is 5.67. The standard InChI is InChI=1S/C21H30N2O.ClH/c1-22-19-8-5-11-23(15-19)20(24)21(13-16-6-3-2-4-7-16)14-17-9-10-18(21)12-17;/h2-4,6-7,17-19,22H,5,8-15H2,1H3;1H. The summed E-state index contributed by atoms with van der Waals surface area (Å²) in [5.41, 5.74) is 1.21. The molecule has 4 rings (SSSR count). The molecule has 0 aromatic heterocycles. The van der Waals surface area contributed by atoms with E-state index in [9.17, 15) is 4.79 Å². The van der Waals surface area contributed by atoms with Crippen LogP contribution in [0.4, 0.5) is 0 Å². The number of amides is 1. The van der Waals surface area contributed by atoms with E-state index in [2.05, 4.69) is 40.5 Å². The summed E-state index contributed by atoms with van der Waals surface area (Å²) in [5, 5.41) is 3.38. The van der Waals surface area contributed by atoms with Crippen molar-refractivity contribution in [2.45, 2.75) is 51.0 Å².